The summed E-state index contributed by atoms with van der Waals surface area (Å²) in [4.78, 5) is 11.9. The molecule has 1 heterocycles. The van der Waals surface area contributed by atoms with E-state index in [1.807, 2.05) is 0 Å². The molecule has 1 aliphatic rings. The summed E-state index contributed by atoms with van der Waals surface area (Å²) in [6, 6.07) is 11.3. The van der Waals surface area contributed by atoms with Gasteiger partial charge in [-0.3, -0.25) is 4.79 Å². The zero-order chi connectivity index (χ0) is 17.9. The second-order valence-corrected chi connectivity index (χ2v) is 7.38. The van der Waals surface area contributed by atoms with Crippen molar-refractivity contribution in [3.63, 3.8) is 0 Å². The Kier molecular flexibility index (Phi) is 5.12. The molecule has 3 rings (SSSR count). The number of carbonyl (C=O) groups excluding carboxylic acids is 1. The fourth-order valence-corrected chi connectivity index (χ4v) is 3.39. The van der Waals surface area contributed by atoms with Gasteiger partial charge in [-0.05, 0) is 23.8 Å². The minimum atomic E-state index is -3.84. The average Bonchev–Trinajstić information content (AvgIpc) is 3.07. The summed E-state index contributed by atoms with van der Waals surface area (Å²) < 4.78 is 37.0. The zero-order valence-electron chi connectivity index (χ0n) is 13.0. The number of ether oxygens (including phenoxy) is 2. The topological polar surface area (TPSA) is 93.7 Å². The minimum Gasteiger partial charge on any atom is -0.454 e. The predicted octanol–water partition coefficient (Wildman–Crippen LogP) is 1.66. The zero-order valence-corrected chi connectivity index (χ0v) is 14.6. The van der Waals surface area contributed by atoms with Gasteiger partial charge in [0.05, 0.1) is 11.4 Å². The highest BCUT2D eigenvalue weighted by atomic mass is 35.5. The fourth-order valence-electron chi connectivity index (χ4n) is 2.19. The maximum Gasteiger partial charge on any atom is 0.241 e. The summed E-state index contributed by atoms with van der Waals surface area (Å²) in [5, 5.41) is 3.14. The molecule has 132 valence electrons. The van der Waals surface area contributed by atoms with Crippen molar-refractivity contribution in [3.05, 3.63) is 53.1 Å². The number of carbonyl (C=O) groups is 1. The summed E-state index contributed by atoms with van der Waals surface area (Å²) in [7, 11) is -3.84. The number of halogens is 1. The molecule has 1 amide bonds. The molecule has 0 saturated heterocycles. The van der Waals surface area contributed by atoms with Gasteiger partial charge in [0.2, 0.25) is 22.7 Å². The normalized spacial score (nSPS) is 12.8. The SMILES string of the molecule is O=C(CNS(=O)(=O)c1ccc2c(c1)OCO2)NCc1ccccc1Cl. The summed E-state index contributed by atoms with van der Waals surface area (Å²) in [6.45, 7) is -0.123. The highest BCUT2D eigenvalue weighted by Crippen LogP contribution is 2.33. The van der Waals surface area contributed by atoms with Gasteiger partial charge in [-0.25, -0.2) is 13.1 Å². The highest BCUT2D eigenvalue weighted by molar-refractivity contribution is 7.89. The lowest BCUT2D eigenvalue weighted by molar-refractivity contribution is -0.120. The standard InChI is InChI=1S/C16H15ClN2O5S/c17-13-4-2-1-3-11(13)8-18-16(20)9-19-25(21,22)12-5-6-14-15(7-12)24-10-23-14/h1-7,19H,8-10H2,(H,18,20). The minimum absolute atomic E-state index is 0.00402. The number of fused-ring (bicyclic) bond motifs is 1. The first-order chi connectivity index (χ1) is 12.0. The maximum atomic E-state index is 12.3. The molecule has 0 fully saturated rings. The van der Waals surface area contributed by atoms with E-state index in [2.05, 4.69) is 10.0 Å². The lowest BCUT2D eigenvalue weighted by Gasteiger charge is -2.09. The van der Waals surface area contributed by atoms with E-state index < -0.39 is 15.9 Å². The Morgan fingerprint density at radius 3 is 2.68 bits per heavy atom. The van der Waals surface area contributed by atoms with Crippen LogP contribution >= 0.6 is 11.6 Å². The third kappa shape index (κ3) is 4.22. The van der Waals surface area contributed by atoms with Gasteiger partial charge < -0.3 is 14.8 Å². The van der Waals surface area contributed by atoms with Gasteiger partial charge in [-0.2, -0.15) is 0 Å². The van der Waals surface area contributed by atoms with E-state index in [0.29, 0.717) is 16.5 Å². The van der Waals surface area contributed by atoms with E-state index in [-0.39, 0.29) is 24.8 Å². The average molecular weight is 383 g/mol. The molecule has 0 aromatic heterocycles. The highest BCUT2D eigenvalue weighted by Gasteiger charge is 2.20. The van der Waals surface area contributed by atoms with Crippen LogP contribution in [-0.4, -0.2) is 27.7 Å². The van der Waals surface area contributed by atoms with Gasteiger partial charge in [0.15, 0.2) is 11.5 Å². The summed E-state index contributed by atoms with van der Waals surface area (Å²) in [5.74, 6) is 0.367. The fraction of sp³-hybridized carbons (Fsp3) is 0.188. The Morgan fingerprint density at radius 1 is 1.12 bits per heavy atom. The van der Waals surface area contributed by atoms with Crippen LogP contribution in [0.5, 0.6) is 11.5 Å². The molecule has 0 bridgehead atoms. The molecule has 2 aromatic carbocycles. The molecule has 0 unspecified atom stereocenters. The van der Waals surface area contributed by atoms with Crippen molar-refractivity contribution < 1.29 is 22.7 Å². The number of sulfonamides is 1. The number of hydrogen-bond acceptors (Lipinski definition) is 5. The smallest absolute Gasteiger partial charge is 0.241 e. The van der Waals surface area contributed by atoms with Crippen molar-refractivity contribution in [2.75, 3.05) is 13.3 Å². The van der Waals surface area contributed by atoms with E-state index in [0.717, 1.165) is 5.56 Å². The lowest BCUT2D eigenvalue weighted by atomic mass is 10.2. The van der Waals surface area contributed by atoms with Crippen molar-refractivity contribution in [2.24, 2.45) is 0 Å². The molecule has 2 aromatic rings. The van der Waals surface area contributed by atoms with Crippen LogP contribution in [0.2, 0.25) is 5.02 Å². The number of benzene rings is 2. The number of hydrogen-bond donors (Lipinski definition) is 2. The summed E-state index contributed by atoms with van der Waals surface area (Å²) in [6.07, 6.45) is 0. The molecule has 1 aliphatic heterocycles. The molecule has 0 radical (unpaired) electrons. The second kappa shape index (κ2) is 7.30. The van der Waals surface area contributed by atoms with Crippen molar-refractivity contribution in [3.8, 4) is 11.5 Å². The van der Waals surface area contributed by atoms with Crippen molar-refractivity contribution in [2.45, 2.75) is 11.4 Å². The molecule has 0 atom stereocenters. The van der Waals surface area contributed by atoms with Crippen molar-refractivity contribution in [1.29, 1.82) is 0 Å². The first-order valence-corrected chi connectivity index (χ1v) is 9.21. The van der Waals surface area contributed by atoms with Crippen LogP contribution in [0.15, 0.2) is 47.4 Å². The molecular weight excluding hydrogens is 368 g/mol. The van der Waals surface area contributed by atoms with Crippen molar-refractivity contribution >= 4 is 27.5 Å². The molecule has 7 nitrogen and oxygen atoms in total. The van der Waals surface area contributed by atoms with Crippen LogP contribution in [-0.2, 0) is 21.4 Å². The summed E-state index contributed by atoms with van der Waals surface area (Å²) >= 11 is 6.00. The predicted molar refractivity (Wildman–Crippen MR) is 91.1 cm³/mol. The van der Waals surface area contributed by atoms with Crippen LogP contribution < -0.4 is 19.5 Å². The molecular formula is C16H15ClN2O5S. The molecule has 2 N–H and O–H groups in total. The number of nitrogens with one attached hydrogen (secondary N) is 2. The van der Waals surface area contributed by atoms with Crippen LogP contribution in [0, 0.1) is 0 Å². The Balaban J connectivity index is 1.57. The molecule has 25 heavy (non-hydrogen) atoms. The quantitative estimate of drug-likeness (QED) is 0.792. The van der Waals surface area contributed by atoms with E-state index in [4.69, 9.17) is 21.1 Å². The van der Waals surface area contributed by atoms with Gasteiger partial charge in [0.1, 0.15) is 0 Å². The van der Waals surface area contributed by atoms with Crippen LogP contribution in [0.4, 0.5) is 0 Å². The Bertz CT molecular complexity index is 901. The van der Waals surface area contributed by atoms with Crippen LogP contribution in [0.25, 0.3) is 0 Å². The molecule has 0 aliphatic carbocycles. The third-order valence-electron chi connectivity index (χ3n) is 3.51. The first kappa shape index (κ1) is 17.5. The van der Waals surface area contributed by atoms with Crippen LogP contribution in [0.1, 0.15) is 5.56 Å². The second-order valence-electron chi connectivity index (χ2n) is 5.21. The summed E-state index contributed by atoms with van der Waals surface area (Å²) in [5.41, 5.74) is 0.746. The van der Waals surface area contributed by atoms with E-state index in [1.165, 1.54) is 18.2 Å². The molecule has 0 spiro atoms. The third-order valence-corrected chi connectivity index (χ3v) is 5.28. The lowest BCUT2D eigenvalue weighted by Crippen LogP contribution is -2.36. The Morgan fingerprint density at radius 2 is 1.88 bits per heavy atom. The largest absolute Gasteiger partial charge is 0.454 e. The van der Waals surface area contributed by atoms with E-state index >= 15 is 0 Å². The Labute approximate surface area is 149 Å². The van der Waals surface area contributed by atoms with Gasteiger partial charge in [0.25, 0.3) is 0 Å². The van der Waals surface area contributed by atoms with Crippen molar-refractivity contribution in [1.82, 2.24) is 10.0 Å². The number of rotatable bonds is 6. The van der Waals surface area contributed by atoms with E-state index in [1.54, 1.807) is 24.3 Å². The first-order valence-electron chi connectivity index (χ1n) is 7.35. The van der Waals surface area contributed by atoms with Gasteiger partial charge in [-0.15, -0.1) is 0 Å². The monoisotopic (exact) mass is 382 g/mol. The Hall–Kier alpha value is -2.29. The maximum absolute atomic E-state index is 12.3. The van der Waals surface area contributed by atoms with E-state index in [9.17, 15) is 13.2 Å². The molecule has 0 saturated carbocycles. The van der Waals surface area contributed by atoms with Gasteiger partial charge in [-0.1, -0.05) is 29.8 Å². The number of amides is 1. The van der Waals surface area contributed by atoms with Crippen LogP contribution in [0.3, 0.4) is 0 Å². The van der Waals surface area contributed by atoms with Gasteiger partial charge in [0, 0.05) is 17.6 Å². The van der Waals surface area contributed by atoms with Gasteiger partial charge >= 0.3 is 0 Å². The molecule has 9 heteroatoms.